The molecule has 1 heterocycles. The fraction of sp³-hybridized carbons (Fsp3) is 0.944. The van der Waals surface area contributed by atoms with Crippen molar-refractivity contribution in [2.45, 2.75) is 90.8 Å². The van der Waals surface area contributed by atoms with Gasteiger partial charge >= 0.3 is 6.09 Å². The highest BCUT2D eigenvalue weighted by Gasteiger charge is 2.33. The van der Waals surface area contributed by atoms with Crippen molar-refractivity contribution in [3.63, 3.8) is 0 Å². The number of ether oxygens (including phenoxy) is 1. The molecule has 0 radical (unpaired) electrons. The van der Waals surface area contributed by atoms with Gasteiger partial charge in [0.2, 0.25) is 0 Å². The molecule has 2 unspecified atom stereocenters. The molecule has 0 bridgehead atoms. The number of carbonyl (C=O) groups is 1. The summed E-state index contributed by atoms with van der Waals surface area (Å²) in [7, 11) is 0. The van der Waals surface area contributed by atoms with E-state index in [0.717, 1.165) is 32.4 Å². The average molecular weight is 310 g/mol. The van der Waals surface area contributed by atoms with Crippen molar-refractivity contribution < 1.29 is 9.53 Å². The number of hydrogen-bond acceptors (Lipinski definition) is 3. The van der Waals surface area contributed by atoms with Crippen molar-refractivity contribution in [2.75, 3.05) is 13.1 Å². The van der Waals surface area contributed by atoms with Crippen LogP contribution in [0.5, 0.6) is 0 Å². The molecule has 0 aromatic rings. The van der Waals surface area contributed by atoms with Crippen LogP contribution in [0.4, 0.5) is 4.79 Å². The molecule has 0 spiro atoms. The lowest BCUT2D eigenvalue weighted by atomic mass is 9.92. The first-order valence-electron chi connectivity index (χ1n) is 8.89. The highest BCUT2D eigenvalue weighted by molar-refractivity contribution is 5.68. The minimum Gasteiger partial charge on any atom is -0.444 e. The molecule has 2 fully saturated rings. The second-order valence-electron chi connectivity index (χ2n) is 8.82. The van der Waals surface area contributed by atoms with Crippen LogP contribution in [-0.2, 0) is 4.74 Å². The summed E-state index contributed by atoms with van der Waals surface area (Å²) in [4.78, 5) is 14.2. The van der Waals surface area contributed by atoms with E-state index in [-0.39, 0.29) is 6.09 Å². The van der Waals surface area contributed by atoms with E-state index in [2.05, 4.69) is 19.2 Å². The summed E-state index contributed by atoms with van der Waals surface area (Å²) in [5.41, 5.74) is 0.0888. The summed E-state index contributed by atoms with van der Waals surface area (Å²) in [6.07, 6.45) is 6.98. The van der Waals surface area contributed by atoms with Gasteiger partial charge in [0.1, 0.15) is 5.60 Å². The first-order valence-corrected chi connectivity index (χ1v) is 8.89. The average Bonchev–Trinajstić information content (AvgIpc) is 2.94. The molecule has 1 amide bonds. The zero-order chi connectivity index (χ0) is 16.4. The topological polar surface area (TPSA) is 41.6 Å². The van der Waals surface area contributed by atoms with Gasteiger partial charge in [-0.1, -0.05) is 13.8 Å². The maximum absolute atomic E-state index is 12.3. The molecular weight excluding hydrogens is 276 g/mol. The number of rotatable bonds is 4. The lowest BCUT2D eigenvalue weighted by Gasteiger charge is -2.29. The van der Waals surface area contributed by atoms with Crippen molar-refractivity contribution in [2.24, 2.45) is 5.41 Å². The van der Waals surface area contributed by atoms with Gasteiger partial charge in [0, 0.05) is 18.6 Å². The van der Waals surface area contributed by atoms with Crippen LogP contribution < -0.4 is 5.32 Å². The van der Waals surface area contributed by atoms with E-state index in [0.29, 0.717) is 17.5 Å². The lowest BCUT2D eigenvalue weighted by molar-refractivity contribution is 0.0220. The van der Waals surface area contributed by atoms with Crippen molar-refractivity contribution in [3.8, 4) is 0 Å². The van der Waals surface area contributed by atoms with Crippen LogP contribution in [-0.4, -0.2) is 41.8 Å². The van der Waals surface area contributed by atoms with Crippen LogP contribution in [0.3, 0.4) is 0 Å². The Morgan fingerprint density at radius 1 is 1.32 bits per heavy atom. The molecule has 2 rings (SSSR count). The molecule has 1 saturated heterocycles. The third-order valence-corrected chi connectivity index (χ3v) is 4.88. The molecule has 4 heteroatoms. The Labute approximate surface area is 136 Å². The Morgan fingerprint density at radius 2 is 2.05 bits per heavy atom. The van der Waals surface area contributed by atoms with E-state index >= 15 is 0 Å². The van der Waals surface area contributed by atoms with Crippen molar-refractivity contribution >= 4 is 6.09 Å². The maximum atomic E-state index is 12.3. The predicted octanol–water partition coefficient (Wildman–Crippen LogP) is 3.94. The molecule has 1 saturated carbocycles. The van der Waals surface area contributed by atoms with Gasteiger partial charge in [-0.3, -0.25) is 0 Å². The molecule has 2 atom stereocenters. The molecule has 4 nitrogen and oxygen atoms in total. The lowest BCUT2D eigenvalue weighted by Crippen LogP contribution is -2.41. The van der Waals surface area contributed by atoms with Crippen LogP contribution in [0, 0.1) is 5.41 Å². The number of hydrogen-bond donors (Lipinski definition) is 1. The third-order valence-electron chi connectivity index (χ3n) is 4.88. The molecule has 1 aliphatic heterocycles. The zero-order valence-corrected chi connectivity index (χ0v) is 15.1. The Hall–Kier alpha value is -0.770. The SMILES string of the molecule is CC1(C)CCC(NCCC2CCCN2C(=O)OC(C)(C)C)C1. The van der Waals surface area contributed by atoms with Crippen LogP contribution in [0.2, 0.25) is 0 Å². The number of amides is 1. The molecule has 0 aromatic heterocycles. The summed E-state index contributed by atoms with van der Waals surface area (Å²) in [5, 5.41) is 3.69. The van der Waals surface area contributed by atoms with Gasteiger partial charge < -0.3 is 15.0 Å². The molecule has 2 aliphatic rings. The summed E-state index contributed by atoms with van der Waals surface area (Å²) >= 11 is 0. The minimum absolute atomic E-state index is 0.142. The first kappa shape index (κ1) is 17.6. The number of carbonyl (C=O) groups excluding carboxylic acids is 1. The Morgan fingerprint density at radius 3 is 2.64 bits per heavy atom. The quantitative estimate of drug-likeness (QED) is 0.855. The van der Waals surface area contributed by atoms with Gasteiger partial charge in [-0.2, -0.15) is 0 Å². The minimum atomic E-state index is -0.405. The molecular formula is C18H34N2O2. The zero-order valence-electron chi connectivity index (χ0n) is 15.1. The van der Waals surface area contributed by atoms with Gasteiger partial charge in [0.05, 0.1) is 0 Å². The Kier molecular flexibility index (Phi) is 5.41. The smallest absolute Gasteiger partial charge is 0.410 e. The number of nitrogens with zero attached hydrogens (tertiary/aromatic N) is 1. The van der Waals surface area contributed by atoms with E-state index in [4.69, 9.17) is 4.74 Å². The standard InChI is InChI=1S/C18H34N2O2/c1-17(2,3)22-16(21)20-12-6-7-15(20)9-11-19-14-8-10-18(4,5)13-14/h14-15,19H,6-13H2,1-5H3. The van der Waals surface area contributed by atoms with Crippen molar-refractivity contribution in [1.82, 2.24) is 10.2 Å². The number of nitrogens with one attached hydrogen (secondary N) is 1. The summed E-state index contributed by atoms with van der Waals surface area (Å²) < 4.78 is 5.53. The predicted molar refractivity (Wildman–Crippen MR) is 90.0 cm³/mol. The highest BCUT2D eigenvalue weighted by atomic mass is 16.6. The van der Waals surface area contributed by atoms with Gasteiger partial charge in [0.15, 0.2) is 0 Å². The molecule has 0 aromatic carbocycles. The second kappa shape index (κ2) is 6.77. The van der Waals surface area contributed by atoms with Crippen molar-refractivity contribution in [3.05, 3.63) is 0 Å². The van der Waals surface area contributed by atoms with E-state index in [1.807, 2.05) is 25.7 Å². The van der Waals surface area contributed by atoms with Gasteiger partial charge in [-0.25, -0.2) is 4.79 Å². The van der Waals surface area contributed by atoms with Gasteiger partial charge in [-0.05, 0) is 71.3 Å². The maximum Gasteiger partial charge on any atom is 0.410 e. The third kappa shape index (κ3) is 5.15. The fourth-order valence-electron chi connectivity index (χ4n) is 3.76. The van der Waals surface area contributed by atoms with E-state index in [9.17, 15) is 4.79 Å². The van der Waals surface area contributed by atoms with Crippen molar-refractivity contribution in [1.29, 1.82) is 0 Å². The van der Waals surface area contributed by atoms with Crippen LogP contribution in [0.1, 0.15) is 73.1 Å². The largest absolute Gasteiger partial charge is 0.444 e. The molecule has 1 aliphatic carbocycles. The monoisotopic (exact) mass is 310 g/mol. The fourth-order valence-corrected chi connectivity index (χ4v) is 3.76. The van der Waals surface area contributed by atoms with E-state index < -0.39 is 5.60 Å². The van der Waals surface area contributed by atoms with Crippen LogP contribution in [0.15, 0.2) is 0 Å². The number of likely N-dealkylation sites (tertiary alicyclic amines) is 1. The summed E-state index contributed by atoms with van der Waals surface area (Å²) in [6.45, 7) is 12.4. The summed E-state index contributed by atoms with van der Waals surface area (Å²) in [5.74, 6) is 0. The van der Waals surface area contributed by atoms with Crippen LogP contribution in [0.25, 0.3) is 0 Å². The molecule has 128 valence electrons. The van der Waals surface area contributed by atoms with Crippen LogP contribution >= 0.6 is 0 Å². The van der Waals surface area contributed by atoms with Gasteiger partial charge in [0.25, 0.3) is 0 Å². The van der Waals surface area contributed by atoms with Gasteiger partial charge in [-0.15, -0.1) is 0 Å². The molecule has 1 N–H and O–H groups in total. The molecule has 22 heavy (non-hydrogen) atoms. The Balaban J connectivity index is 1.74. The highest BCUT2D eigenvalue weighted by Crippen LogP contribution is 2.36. The summed E-state index contributed by atoms with van der Waals surface area (Å²) in [6, 6.07) is 1.00. The normalized spacial score (nSPS) is 28.1. The van der Waals surface area contributed by atoms with E-state index in [1.165, 1.54) is 19.3 Å². The second-order valence-corrected chi connectivity index (χ2v) is 8.82. The first-order chi connectivity index (χ1) is 10.2. The Bertz CT molecular complexity index is 387. The van der Waals surface area contributed by atoms with E-state index in [1.54, 1.807) is 0 Å².